The van der Waals surface area contributed by atoms with E-state index in [-0.39, 0.29) is 16.5 Å². The van der Waals surface area contributed by atoms with Gasteiger partial charge in [-0.3, -0.25) is 14.3 Å². The summed E-state index contributed by atoms with van der Waals surface area (Å²) in [6.45, 7) is 6.80. The second kappa shape index (κ2) is 8.68. The molecule has 0 saturated carbocycles. The second-order valence-electron chi connectivity index (χ2n) is 6.33. The van der Waals surface area contributed by atoms with Crippen molar-refractivity contribution in [2.75, 3.05) is 43.4 Å². The summed E-state index contributed by atoms with van der Waals surface area (Å²) in [5.74, 6) is 0.787. The van der Waals surface area contributed by atoms with Crippen LogP contribution in [0.5, 0.6) is 0 Å². The Labute approximate surface area is 172 Å². The average molecular weight is 429 g/mol. The molecule has 0 unspecified atom stereocenters. The van der Waals surface area contributed by atoms with E-state index in [0.717, 1.165) is 50.9 Å². The van der Waals surface area contributed by atoms with Crippen LogP contribution >= 0.6 is 35.0 Å². The van der Waals surface area contributed by atoms with Gasteiger partial charge in [-0.15, -0.1) is 0 Å². The third kappa shape index (κ3) is 4.34. The molecular weight excluding hydrogens is 407 g/mol. The number of piperazine rings is 1. The maximum absolute atomic E-state index is 12.9. The van der Waals surface area contributed by atoms with E-state index in [1.807, 2.05) is 0 Å². The van der Waals surface area contributed by atoms with Gasteiger partial charge in [-0.2, -0.15) is 4.98 Å². The van der Waals surface area contributed by atoms with E-state index in [1.54, 1.807) is 17.7 Å². The third-order valence-electron chi connectivity index (χ3n) is 4.47. The number of pyridine rings is 1. The maximum atomic E-state index is 12.9. The molecular formula is C17H22Cl2N6OS. The lowest BCUT2D eigenvalue weighted by Gasteiger charge is -2.35. The monoisotopic (exact) mass is 428 g/mol. The zero-order chi connectivity index (χ0) is 19.6. The van der Waals surface area contributed by atoms with Crippen molar-refractivity contribution in [1.29, 1.82) is 0 Å². The fourth-order valence-electron chi connectivity index (χ4n) is 3.04. The Morgan fingerprint density at radius 3 is 2.63 bits per heavy atom. The summed E-state index contributed by atoms with van der Waals surface area (Å²) < 4.78 is 1.55. The molecule has 1 aliphatic rings. The quantitative estimate of drug-likeness (QED) is 0.732. The lowest BCUT2D eigenvalue weighted by Crippen LogP contribution is -2.48. The molecule has 1 aliphatic heterocycles. The summed E-state index contributed by atoms with van der Waals surface area (Å²) in [7, 11) is 1.72. The van der Waals surface area contributed by atoms with E-state index in [1.165, 1.54) is 6.20 Å². The molecule has 2 aromatic heterocycles. The zero-order valence-electron chi connectivity index (χ0n) is 15.3. The van der Waals surface area contributed by atoms with Gasteiger partial charge < -0.3 is 10.6 Å². The number of hydrogen-bond acceptors (Lipinski definition) is 7. The number of anilines is 2. The minimum absolute atomic E-state index is 0.187. The minimum atomic E-state index is -0.206. The molecule has 0 atom stereocenters. The maximum Gasteiger partial charge on any atom is 0.270 e. The van der Waals surface area contributed by atoms with Gasteiger partial charge in [0, 0.05) is 44.3 Å². The van der Waals surface area contributed by atoms with E-state index in [4.69, 9.17) is 28.9 Å². The van der Waals surface area contributed by atoms with E-state index >= 15 is 0 Å². The van der Waals surface area contributed by atoms with Crippen LogP contribution in [0.15, 0.2) is 26.8 Å². The molecule has 0 radical (unpaired) electrons. The van der Waals surface area contributed by atoms with Crippen LogP contribution in [-0.4, -0.2) is 52.2 Å². The van der Waals surface area contributed by atoms with Gasteiger partial charge in [-0.1, -0.05) is 41.9 Å². The smallest absolute Gasteiger partial charge is 0.270 e. The molecule has 0 spiro atoms. The van der Waals surface area contributed by atoms with Crippen LogP contribution in [0.4, 0.5) is 11.8 Å². The first kappa shape index (κ1) is 20.3. The number of nitrogens with zero attached hydrogens (tertiary/aromatic N) is 5. The van der Waals surface area contributed by atoms with Gasteiger partial charge in [0.25, 0.3) is 5.56 Å². The summed E-state index contributed by atoms with van der Waals surface area (Å²) in [5.41, 5.74) is 5.93. The summed E-state index contributed by atoms with van der Waals surface area (Å²) in [6.07, 6.45) is 2.67. The molecule has 0 aliphatic carbocycles. The van der Waals surface area contributed by atoms with Crippen LogP contribution < -0.4 is 16.2 Å². The molecule has 2 aromatic rings. The summed E-state index contributed by atoms with van der Waals surface area (Å²) in [5, 5.41) is 0.480. The van der Waals surface area contributed by atoms with Crippen LogP contribution in [-0.2, 0) is 7.05 Å². The second-order valence-corrected chi connectivity index (χ2v) is 8.12. The lowest BCUT2D eigenvalue weighted by atomic mass is 10.3. The molecule has 10 heteroatoms. The standard InChI is InChI=1S/C17H22Cl2N6OS/c1-3-6-24-7-9-25(10-8-24)17-22-15(20)13(16(26)23(17)2)27-11-4-5-21-14(19)12(11)18/h4-5H,3,6-10,20H2,1-2H3. The van der Waals surface area contributed by atoms with Crippen molar-refractivity contribution in [2.24, 2.45) is 7.05 Å². The van der Waals surface area contributed by atoms with Gasteiger partial charge in [0.15, 0.2) is 0 Å². The number of nitrogen functional groups attached to an aromatic ring is 1. The molecule has 0 bridgehead atoms. The summed E-state index contributed by atoms with van der Waals surface area (Å²) in [6, 6.07) is 1.69. The van der Waals surface area contributed by atoms with Gasteiger partial charge in [-0.05, 0) is 19.0 Å². The van der Waals surface area contributed by atoms with Crippen LogP contribution in [0.25, 0.3) is 0 Å². The van der Waals surface area contributed by atoms with Gasteiger partial charge in [-0.25, -0.2) is 4.98 Å². The van der Waals surface area contributed by atoms with Crippen molar-refractivity contribution in [3.63, 3.8) is 0 Å². The third-order valence-corrected chi connectivity index (χ3v) is 6.50. The molecule has 0 aromatic carbocycles. The predicted molar refractivity (Wildman–Crippen MR) is 111 cm³/mol. The number of halogens is 2. The number of rotatable bonds is 5. The van der Waals surface area contributed by atoms with Crippen molar-refractivity contribution in [3.8, 4) is 0 Å². The van der Waals surface area contributed by atoms with E-state index in [9.17, 15) is 4.79 Å². The van der Waals surface area contributed by atoms with E-state index in [0.29, 0.717) is 20.8 Å². The predicted octanol–water partition coefficient (Wildman–Crippen LogP) is 2.75. The first-order valence-corrected chi connectivity index (χ1v) is 10.3. The van der Waals surface area contributed by atoms with Crippen molar-refractivity contribution in [2.45, 2.75) is 23.1 Å². The Balaban J connectivity index is 1.86. The Kier molecular flexibility index (Phi) is 6.52. The molecule has 0 amide bonds. The van der Waals surface area contributed by atoms with Gasteiger partial charge >= 0.3 is 0 Å². The highest BCUT2D eigenvalue weighted by molar-refractivity contribution is 7.99. The highest BCUT2D eigenvalue weighted by Gasteiger charge is 2.23. The topological polar surface area (TPSA) is 80.3 Å². The van der Waals surface area contributed by atoms with Gasteiger partial charge in [0.1, 0.15) is 15.9 Å². The van der Waals surface area contributed by atoms with Crippen molar-refractivity contribution < 1.29 is 0 Å². The molecule has 1 fully saturated rings. The molecule has 2 N–H and O–H groups in total. The Morgan fingerprint density at radius 2 is 1.96 bits per heavy atom. The lowest BCUT2D eigenvalue weighted by molar-refractivity contribution is 0.256. The number of nitrogens with two attached hydrogens (primary N) is 1. The fourth-order valence-corrected chi connectivity index (χ4v) is 4.39. The van der Waals surface area contributed by atoms with E-state index in [2.05, 4.69) is 26.7 Å². The number of hydrogen-bond donors (Lipinski definition) is 1. The minimum Gasteiger partial charge on any atom is -0.382 e. The van der Waals surface area contributed by atoms with E-state index < -0.39 is 0 Å². The normalized spacial score (nSPS) is 15.3. The van der Waals surface area contributed by atoms with Gasteiger partial charge in [0.2, 0.25) is 5.95 Å². The zero-order valence-corrected chi connectivity index (χ0v) is 17.6. The van der Waals surface area contributed by atoms with Crippen molar-refractivity contribution in [1.82, 2.24) is 19.4 Å². The number of aromatic nitrogens is 3. The van der Waals surface area contributed by atoms with Crippen LogP contribution in [0.2, 0.25) is 10.2 Å². The van der Waals surface area contributed by atoms with Crippen LogP contribution in [0.3, 0.4) is 0 Å². The average Bonchev–Trinajstić information content (AvgIpc) is 2.66. The fraction of sp³-hybridized carbons (Fsp3) is 0.471. The van der Waals surface area contributed by atoms with Crippen LogP contribution in [0.1, 0.15) is 13.3 Å². The first-order chi connectivity index (χ1) is 12.9. The molecule has 146 valence electrons. The summed E-state index contributed by atoms with van der Waals surface area (Å²) in [4.78, 5) is 26.8. The van der Waals surface area contributed by atoms with Crippen LogP contribution in [0, 0.1) is 0 Å². The Bertz CT molecular complexity index is 882. The SMILES string of the molecule is CCCN1CCN(c2nc(N)c(Sc3ccnc(Cl)c3Cl)c(=O)n2C)CC1. The Hall–Kier alpha value is -1.48. The largest absolute Gasteiger partial charge is 0.382 e. The summed E-state index contributed by atoms with van der Waals surface area (Å²) >= 11 is 13.3. The first-order valence-electron chi connectivity index (χ1n) is 8.74. The van der Waals surface area contributed by atoms with Gasteiger partial charge in [0.05, 0.1) is 5.02 Å². The molecule has 3 heterocycles. The highest BCUT2D eigenvalue weighted by atomic mass is 35.5. The molecule has 1 saturated heterocycles. The molecule has 27 heavy (non-hydrogen) atoms. The molecule has 7 nitrogen and oxygen atoms in total. The highest BCUT2D eigenvalue weighted by Crippen LogP contribution is 2.36. The molecule has 3 rings (SSSR count). The Morgan fingerprint density at radius 1 is 1.26 bits per heavy atom. The van der Waals surface area contributed by atoms with Crippen molar-refractivity contribution >= 4 is 46.7 Å². The van der Waals surface area contributed by atoms with Crippen molar-refractivity contribution in [3.05, 3.63) is 32.8 Å².